The van der Waals surface area contributed by atoms with E-state index in [1.165, 1.54) is 0 Å². The summed E-state index contributed by atoms with van der Waals surface area (Å²) in [4.78, 5) is 39.7. The lowest BCUT2D eigenvalue weighted by Crippen LogP contribution is -2.50. The summed E-state index contributed by atoms with van der Waals surface area (Å²) in [6, 6.07) is 18.6. The van der Waals surface area contributed by atoms with Gasteiger partial charge in [0.1, 0.15) is 6.04 Å². The van der Waals surface area contributed by atoms with Crippen LogP contribution in [0, 0.1) is 5.92 Å². The number of nitrogens with one attached hydrogen (secondary N) is 2. The van der Waals surface area contributed by atoms with Gasteiger partial charge in [0, 0.05) is 31.1 Å². The molecule has 0 spiro atoms. The number of benzene rings is 2. The van der Waals surface area contributed by atoms with Crippen LogP contribution >= 0.6 is 0 Å². The van der Waals surface area contributed by atoms with Gasteiger partial charge in [-0.1, -0.05) is 48.5 Å². The van der Waals surface area contributed by atoms with Crippen LogP contribution in [0.15, 0.2) is 60.7 Å². The van der Waals surface area contributed by atoms with Gasteiger partial charge in [0.2, 0.25) is 17.7 Å². The molecule has 2 aromatic carbocycles. The van der Waals surface area contributed by atoms with Crippen LogP contribution in [-0.2, 0) is 20.8 Å². The summed E-state index contributed by atoms with van der Waals surface area (Å²) in [5, 5.41) is 5.89. The van der Waals surface area contributed by atoms with Crippen LogP contribution in [0.3, 0.4) is 0 Å². The van der Waals surface area contributed by atoms with Crippen LogP contribution in [0.1, 0.15) is 24.8 Å². The number of carbonyl (C=O) groups excluding carboxylic acids is 3. The first-order valence-corrected chi connectivity index (χ1v) is 10.1. The van der Waals surface area contributed by atoms with E-state index < -0.39 is 12.0 Å². The summed E-state index contributed by atoms with van der Waals surface area (Å²) in [7, 11) is 0. The number of nitrogens with zero attached hydrogens (tertiary/aromatic N) is 1. The molecule has 3 amide bonds. The molecule has 0 bridgehead atoms. The monoisotopic (exact) mass is 391 g/mol. The molecule has 0 radical (unpaired) electrons. The average molecular weight is 391 g/mol. The smallest absolute Gasteiger partial charge is 0.243 e. The van der Waals surface area contributed by atoms with Crippen molar-refractivity contribution in [2.75, 3.05) is 11.4 Å². The maximum absolute atomic E-state index is 12.9. The maximum atomic E-state index is 12.9. The van der Waals surface area contributed by atoms with Gasteiger partial charge in [0.05, 0.1) is 5.92 Å². The van der Waals surface area contributed by atoms with Crippen molar-refractivity contribution in [2.24, 2.45) is 5.92 Å². The third kappa shape index (κ3) is 4.83. The number of carbonyl (C=O) groups is 3. The van der Waals surface area contributed by atoms with Crippen molar-refractivity contribution in [3.05, 3.63) is 66.2 Å². The summed E-state index contributed by atoms with van der Waals surface area (Å²) in [5.74, 6) is -0.939. The number of amides is 3. The highest BCUT2D eigenvalue weighted by Gasteiger charge is 2.37. The lowest BCUT2D eigenvalue weighted by molar-refractivity contribution is -0.131. The predicted octanol–water partition coefficient (Wildman–Crippen LogP) is 2.05. The van der Waals surface area contributed by atoms with E-state index in [-0.39, 0.29) is 30.2 Å². The van der Waals surface area contributed by atoms with E-state index in [4.69, 9.17) is 0 Å². The zero-order valence-electron chi connectivity index (χ0n) is 16.2. The summed E-state index contributed by atoms with van der Waals surface area (Å²) in [6.07, 6.45) is 2.55. The SMILES string of the molecule is O=C(N[C@@H](Cc1ccccc1)C(=O)NC1CC1)[C@@H]1CC(=O)N(c2ccccc2)C1. The molecule has 1 heterocycles. The maximum Gasteiger partial charge on any atom is 0.243 e. The Hall–Kier alpha value is -3.15. The number of hydrogen-bond donors (Lipinski definition) is 2. The standard InChI is InChI=1S/C23H25N3O3/c27-21-14-17(15-26(21)19-9-5-2-6-10-19)22(28)25-20(23(29)24-18-11-12-18)13-16-7-3-1-4-8-16/h1-10,17-18,20H,11-15H2,(H,24,29)(H,25,28)/t17-,20+/m1/s1. The molecule has 2 aliphatic rings. The van der Waals surface area contributed by atoms with E-state index in [0.717, 1.165) is 24.1 Å². The molecular formula is C23H25N3O3. The molecule has 29 heavy (non-hydrogen) atoms. The molecular weight excluding hydrogens is 366 g/mol. The highest BCUT2D eigenvalue weighted by Crippen LogP contribution is 2.25. The minimum atomic E-state index is -0.647. The van der Waals surface area contributed by atoms with E-state index in [1.54, 1.807) is 4.90 Å². The van der Waals surface area contributed by atoms with Gasteiger partial charge < -0.3 is 15.5 Å². The Bertz CT molecular complexity index is 881. The Morgan fingerprint density at radius 3 is 2.31 bits per heavy atom. The quantitative estimate of drug-likeness (QED) is 0.758. The fourth-order valence-electron chi connectivity index (χ4n) is 3.62. The largest absolute Gasteiger partial charge is 0.352 e. The van der Waals surface area contributed by atoms with Crippen molar-refractivity contribution < 1.29 is 14.4 Å². The summed E-state index contributed by atoms with van der Waals surface area (Å²) in [5.41, 5.74) is 1.78. The van der Waals surface area contributed by atoms with E-state index in [2.05, 4.69) is 10.6 Å². The van der Waals surface area contributed by atoms with Crippen LogP contribution in [0.25, 0.3) is 0 Å². The molecule has 2 atom stereocenters. The lowest BCUT2D eigenvalue weighted by atomic mass is 10.0. The molecule has 0 unspecified atom stereocenters. The molecule has 1 aliphatic carbocycles. The Labute approximate surface area is 170 Å². The van der Waals surface area contributed by atoms with Gasteiger partial charge >= 0.3 is 0 Å². The minimum Gasteiger partial charge on any atom is -0.352 e. The van der Waals surface area contributed by atoms with E-state index in [9.17, 15) is 14.4 Å². The van der Waals surface area contributed by atoms with Gasteiger partial charge in [-0.3, -0.25) is 14.4 Å². The van der Waals surface area contributed by atoms with Gasteiger partial charge in [-0.2, -0.15) is 0 Å². The molecule has 1 aliphatic heterocycles. The summed E-state index contributed by atoms with van der Waals surface area (Å²) >= 11 is 0. The summed E-state index contributed by atoms with van der Waals surface area (Å²) in [6.45, 7) is 0.330. The van der Waals surface area contributed by atoms with Crippen LogP contribution < -0.4 is 15.5 Å². The van der Waals surface area contributed by atoms with Crippen molar-refractivity contribution in [3.8, 4) is 0 Å². The Kier molecular flexibility index (Phi) is 5.60. The highest BCUT2D eigenvalue weighted by atomic mass is 16.2. The molecule has 2 aromatic rings. The molecule has 6 heteroatoms. The molecule has 2 fully saturated rings. The first kappa shape index (κ1) is 19.2. The van der Waals surface area contributed by atoms with Crippen molar-refractivity contribution in [1.29, 1.82) is 0 Å². The van der Waals surface area contributed by atoms with Crippen LogP contribution in [0.4, 0.5) is 5.69 Å². The van der Waals surface area contributed by atoms with E-state index in [0.29, 0.717) is 13.0 Å². The van der Waals surface area contributed by atoms with Gasteiger partial charge in [0.25, 0.3) is 0 Å². The van der Waals surface area contributed by atoms with Gasteiger partial charge in [-0.15, -0.1) is 0 Å². The van der Waals surface area contributed by atoms with Crippen molar-refractivity contribution in [2.45, 2.75) is 37.8 Å². The third-order valence-electron chi connectivity index (χ3n) is 5.40. The second-order valence-corrected chi connectivity index (χ2v) is 7.77. The van der Waals surface area contributed by atoms with Crippen molar-refractivity contribution in [3.63, 3.8) is 0 Å². The normalized spacial score (nSPS) is 19.7. The molecule has 0 aromatic heterocycles. The zero-order valence-corrected chi connectivity index (χ0v) is 16.2. The molecule has 6 nitrogen and oxygen atoms in total. The van der Waals surface area contributed by atoms with Gasteiger partial charge in [-0.05, 0) is 30.5 Å². The van der Waals surface area contributed by atoms with Crippen molar-refractivity contribution >= 4 is 23.4 Å². The second kappa shape index (κ2) is 8.47. The fraction of sp³-hybridized carbons (Fsp3) is 0.348. The van der Waals surface area contributed by atoms with Crippen LogP contribution in [-0.4, -0.2) is 36.3 Å². The second-order valence-electron chi connectivity index (χ2n) is 7.77. The fourth-order valence-corrected chi connectivity index (χ4v) is 3.62. The van der Waals surface area contributed by atoms with Crippen LogP contribution in [0.2, 0.25) is 0 Å². The topological polar surface area (TPSA) is 78.5 Å². The zero-order chi connectivity index (χ0) is 20.2. The Balaban J connectivity index is 1.43. The molecule has 4 rings (SSSR count). The van der Waals surface area contributed by atoms with Gasteiger partial charge in [0.15, 0.2) is 0 Å². The number of para-hydroxylation sites is 1. The van der Waals surface area contributed by atoms with E-state index in [1.807, 2.05) is 60.7 Å². The van der Waals surface area contributed by atoms with Crippen molar-refractivity contribution in [1.82, 2.24) is 10.6 Å². The minimum absolute atomic E-state index is 0.0709. The first-order valence-electron chi connectivity index (χ1n) is 10.1. The Morgan fingerprint density at radius 2 is 1.66 bits per heavy atom. The first-order chi connectivity index (χ1) is 14.1. The Morgan fingerprint density at radius 1 is 1.00 bits per heavy atom. The number of hydrogen-bond acceptors (Lipinski definition) is 3. The van der Waals surface area contributed by atoms with E-state index >= 15 is 0 Å². The third-order valence-corrected chi connectivity index (χ3v) is 5.40. The summed E-state index contributed by atoms with van der Waals surface area (Å²) < 4.78 is 0. The predicted molar refractivity (Wildman–Crippen MR) is 110 cm³/mol. The van der Waals surface area contributed by atoms with Crippen LogP contribution in [0.5, 0.6) is 0 Å². The molecule has 1 saturated heterocycles. The number of anilines is 1. The number of rotatable bonds is 7. The highest BCUT2D eigenvalue weighted by molar-refractivity contribution is 6.01. The average Bonchev–Trinajstić information content (AvgIpc) is 3.47. The molecule has 150 valence electrons. The molecule has 2 N–H and O–H groups in total. The van der Waals surface area contributed by atoms with Gasteiger partial charge in [-0.25, -0.2) is 0 Å². The molecule has 1 saturated carbocycles. The lowest BCUT2D eigenvalue weighted by Gasteiger charge is -2.21.